The van der Waals surface area contributed by atoms with Gasteiger partial charge in [0, 0.05) is 53.0 Å². The molecule has 6 nitrogen and oxygen atoms in total. The number of nitrogens with zero attached hydrogens (tertiary/aromatic N) is 2. The molecular formula is C20H41IN4O2. The van der Waals surface area contributed by atoms with Crippen LogP contribution in [0.4, 0.5) is 0 Å². The first-order chi connectivity index (χ1) is 12.7. The molecule has 1 aliphatic carbocycles. The zero-order chi connectivity index (χ0) is 18.7. The number of aliphatic imine (C=N–C) groups is 1. The minimum absolute atomic E-state index is 0. The Morgan fingerprint density at radius 2 is 1.85 bits per heavy atom. The van der Waals surface area contributed by atoms with Crippen molar-refractivity contribution in [2.45, 2.75) is 57.9 Å². The standard InChI is InChI=1S/C20H40N4O2.HI/c1-4-21-19(22-16-18-8-7-12-24(18)13-15-26-3)23-17-20(11-14-25-2)9-5-6-10-20;/h18H,4-17H2,1-3H3,(H2,21,22,23);1H. The van der Waals surface area contributed by atoms with Crippen LogP contribution in [0.15, 0.2) is 4.99 Å². The molecular weight excluding hydrogens is 455 g/mol. The fourth-order valence-corrected chi connectivity index (χ4v) is 4.36. The quantitative estimate of drug-likeness (QED) is 0.262. The third kappa shape index (κ3) is 8.41. The van der Waals surface area contributed by atoms with Crippen LogP contribution in [0.3, 0.4) is 0 Å². The molecule has 1 heterocycles. The molecule has 2 rings (SSSR count). The Kier molecular flexibility index (Phi) is 12.9. The molecule has 0 spiro atoms. The van der Waals surface area contributed by atoms with Crippen LogP contribution in [0.25, 0.3) is 0 Å². The lowest BCUT2D eigenvalue weighted by atomic mass is 9.83. The fraction of sp³-hybridized carbons (Fsp3) is 0.950. The molecule has 0 bridgehead atoms. The average Bonchev–Trinajstić information content (AvgIpc) is 3.30. The fourth-order valence-electron chi connectivity index (χ4n) is 4.36. The molecule has 7 heteroatoms. The van der Waals surface area contributed by atoms with Crippen LogP contribution >= 0.6 is 24.0 Å². The van der Waals surface area contributed by atoms with Crippen molar-refractivity contribution < 1.29 is 9.47 Å². The molecule has 2 aliphatic rings. The van der Waals surface area contributed by atoms with Gasteiger partial charge in [0.15, 0.2) is 5.96 Å². The molecule has 0 amide bonds. The Morgan fingerprint density at radius 3 is 2.52 bits per heavy atom. The number of hydrogen-bond acceptors (Lipinski definition) is 4. The first-order valence-corrected chi connectivity index (χ1v) is 10.5. The monoisotopic (exact) mass is 496 g/mol. The average molecular weight is 496 g/mol. The third-order valence-electron chi connectivity index (χ3n) is 6.00. The summed E-state index contributed by atoms with van der Waals surface area (Å²) in [4.78, 5) is 7.50. The molecule has 0 aromatic rings. The van der Waals surface area contributed by atoms with Gasteiger partial charge in [-0.05, 0) is 51.0 Å². The van der Waals surface area contributed by atoms with Crippen molar-refractivity contribution in [2.24, 2.45) is 10.4 Å². The van der Waals surface area contributed by atoms with Gasteiger partial charge in [-0.1, -0.05) is 12.8 Å². The first kappa shape index (κ1) is 24.9. The highest BCUT2D eigenvalue weighted by molar-refractivity contribution is 14.0. The molecule has 27 heavy (non-hydrogen) atoms. The lowest BCUT2D eigenvalue weighted by Gasteiger charge is -2.28. The molecule has 1 aliphatic heterocycles. The Balaban J connectivity index is 0.00000364. The van der Waals surface area contributed by atoms with Crippen molar-refractivity contribution in [3.8, 4) is 0 Å². The summed E-state index contributed by atoms with van der Waals surface area (Å²) in [6.07, 6.45) is 8.90. The summed E-state index contributed by atoms with van der Waals surface area (Å²) in [7, 11) is 3.58. The van der Waals surface area contributed by atoms with Crippen LogP contribution < -0.4 is 10.6 Å². The van der Waals surface area contributed by atoms with E-state index in [0.717, 1.165) is 51.8 Å². The van der Waals surface area contributed by atoms with Crippen molar-refractivity contribution in [2.75, 3.05) is 60.2 Å². The van der Waals surface area contributed by atoms with Crippen molar-refractivity contribution in [1.82, 2.24) is 15.5 Å². The van der Waals surface area contributed by atoms with E-state index in [9.17, 15) is 0 Å². The minimum Gasteiger partial charge on any atom is -0.385 e. The maximum atomic E-state index is 5.35. The van der Waals surface area contributed by atoms with E-state index in [0.29, 0.717) is 11.5 Å². The number of halogens is 1. The van der Waals surface area contributed by atoms with Crippen LogP contribution in [0.5, 0.6) is 0 Å². The number of likely N-dealkylation sites (tertiary alicyclic amines) is 1. The van der Waals surface area contributed by atoms with Gasteiger partial charge in [0.25, 0.3) is 0 Å². The summed E-state index contributed by atoms with van der Waals surface area (Å²) in [5, 5.41) is 7.02. The SMILES string of the molecule is CCNC(=NCC1(CCOC)CCCC1)NCC1CCCN1CCOC.I. The molecule has 2 N–H and O–H groups in total. The Labute approximate surface area is 183 Å². The van der Waals surface area contributed by atoms with Crippen LogP contribution in [-0.2, 0) is 9.47 Å². The van der Waals surface area contributed by atoms with E-state index in [-0.39, 0.29) is 24.0 Å². The Bertz CT molecular complexity index is 417. The van der Waals surface area contributed by atoms with Crippen molar-refractivity contribution in [3.63, 3.8) is 0 Å². The third-order valence-corrected chi connectivity index (χ3v) is 6.00. The highest BCUT2D eigenvalue weighted by Gasteiger charge is 2.33. The van der Waals surface area contributed by atoms with Gasteiger partial charge in [-0.2, -0.15) is 0 Å². The van der Waals surface area contributed by atoms with E-state index >= 15 is 0 Å². The van der Waals surface area contributed by atoms with Crippen molar-refractivity contribution >= 4 is 29.9 Å². The Morgan fingerprint density at radius 1 is 1.11 bits per heavy atom. The van der Waals surface area contributed by atoms with Crippen LogP contribution in [0.2, 0.25) is 0 Å². The van der Waals surface area contributed by atoms with E-state index in [2.05, 4.69) is 22.5 Å². The summed E-state index contributed by atoms with van der Waals surface area (Å²) in [5.74, 6) is 0.967. The smallest absolute Gasteiger partial charge is 0.191 e. The van der Waals surface area contributed by atoms with Crippen LogP contribution in [0, 0.1) is 5.41 Å². The van der Waals surface area contributed by atoms with Gasteiger partial charge in [0.05, 0.1) is 6.61 Å². The zero-order valence-corrected chi connectivity index (χ0v) is 19.9. The second-order valence-corrected chi connectivity index (χ2v) is 7.85. The Hall–Kier alpha value is -0.120. The number of nitrogens with one attached hydrogen (secondary N) is 2. The van der Waals surface area contributed by atoms with Gasteiger partial charge in [0.2, 0.25) is 0 Å². The van der Waals surface area contributed by atoms with E-state index in [4.69, 9.17) is 14.5 Å². The van der Waals surface area contributed by atoms with Gasteiger partial charge >= 0.3 is 0 Å². The lowest BCUT2D eigenvalue weighted by molar-refractivity contribution is 0.140. The summed E-state index contributed by atoms with van der Waals surface area (Å²) >= 11 is 0. The summed E-state index contributed by atoms with van der Waals surface area (Å²) in [5.41, 5.74) is 0.343. The number of rotatable bonds is 11. The second-order valence-electron chi connectivity index (χ2n) is 7.85. The van der Waals surface area contributed by atoms with Crippen molar-refractivity contribution in [1.29, 1.82) is 0 Å². The van der Waals surface area contributed by atoms with Gasteiger partial charge in [-0.15, -0.1) is 24.0 Å². The van der Waals surface area contributed by atoms with E-state index in [1.54, 1.807) is 14.2 Å². The van der Waals surface area contributed by atoms with Gasteiger partial charge in [-0.25, -0.2) is 0 Å². The summed E-state index contributed by atoms with van der Waals surface area (Å²) in [6, 6.07) is 0.586. The normalized spacial score (nSPS) is 22.6. The molecule has 1 atom stereocenters. The minimum atomic E-state index is 0. The van der Waals surface area contributed by atoms with Gasteiger partial charge in [-0.3, -0.25) is 9.89 Å². The number of methoxy groups -OCH3 is 2. The highest BCUT2D eigenvalue weighted by Crippen LogP contribution is 2.41. The zero-order valence-electron chi connectivity index (χ0n) is 17.6. The maximum Gasteiger partial charge on any atom is 0.191 e. The number of hydrogen-bond donors (Lipinski definition) is 2. The first-order valence-electron chi connectivity index (χ1n) is 10.5. The molecule has 160 valence electrons. The van der Waals surface area contributed by atoms with Crippen molar-refractivity contribution in [3.05, 3.63) is 0 Å². The van der Waals surface area contributed by atoms with E-state index < -0.39 is 0 Å². The summed E-state index contributed by atoms with van der Waals surface area (Å²) < 4.78 is 10.6. The maximum absolute atomic E-state index is 5.35. The van der Waals surface area contributed by atoms with Gasteiger partial charge < -0.3 is 20.1 Å². The summed E-state index contributed by atoms with van der Waals surface area (Å²) in [6.45, 7) is 8.76. The molecule has 0 aromatic heterocycles. The molecule has 2 fully saturated rings. The molecule has 0 radical (unpaired) electrons. The van der Waals surface area contributed by atoms with Crippen LogP contribution in [-0.4, -0.2) is 77.1 Å². The lowest BCUT2D eigenvalue weighted by Crippen LogP contribution is -2.46. The van der Waals surface area contributed by atoms with Crippen LogP contribution in [0.1, 0.15) is 51.9 Å². The molecule has 1 saturated carbocycles. The van der Waals surface area contributed by atoms with E-state index in [1.165, 1.54) is 45.1 Å². The highest BCUT2D eigenvalue weighted by atomic mass is 127. The molecule has 0 aromatic carbocycles. The number of ether oxygens (including phenoxy) is 2. The number of guanidine groups is 1. The van der Waals surface area contributed by atoms with Gasteiger partial charge in [0.1, 0.15) is 0 Å². The largest absolute Gasteiger partial charge is 0.385 e. The molecule has 1 unspecified atom stereocenters. The second kappa shape index (κ2) is 14.0. The van der Waals surface area contributed by atoms with E-state index in [1.807, 2.05) is 0 Å². The molecule has 1 saturated heterocycles. The predicted molar refractivity (Wildman–Crippen MR) is 123 cm³/mol. The topological polar surface area (TPSA) is 58.1 Å². The predicted octanol–water partition coefficient (Wildman–Crippen LogP) is 2.87.